The molecule has 242 valence electrons. The lowest BCUT2D eigenvalue weighted by Crippen LogP contribution is -2.69. The summed E-state index contributed by atoms with van der Waals surface area (Å²) in [7, 11) is -3.19. The van der Waals surface area contributed by atoms with Gasteiger partial charge in [-0.25, -0.2) is 4.79 Å². The van der Waals surface area contributed by atoms with Crippen molar-refractivity contribution in [2.45, 2.75) is 105 Å². The molecule has 0 radical (unpaired) electrons. The van der Waals surface area contributed by atoms with Crippen LogP contribution in [0.5, 0.6) is 0 Å². The minimum atomic E-state index is -3.19. The zero-order chi connectivity index (χ0) is 33.4. The van der Waals surface area contributed by atoms with Crippen LogP contribution in [0.1, 0.15) is 81.6 Å². The van der Waals surface area contributed by atoms with Crippen molar-refractivity contribution in [3.8, 4) is 0 Å². The van der Waals surface area contributed by atoms with E-state index >= 15 is 0 Å². The van der Waals surface area contributed by atoms with Gasteiger partial charge >= 0.3 is 11.9 Å². The largest absolute Gasteiger partial charge is 0.454 e. The van der Waals surface area contributed by atoms with Crippen molar-refractivity contribution >= 4 is 36.4 Å². The lowest BCUT2D eigenvalue weighted by molar-refractivity contribution is -0.160. The van der Waals surface area contributed by atoms with E-state index in [1.807, 2.05) is 83.2 Å². The minimum absolute atomic E-state index is 0.0491. The molecule has 0 amide bonds. The molecule has 45 heavy (non-hydrogen) atoms. The van der Waals surface area contributed by atoms with E-state index in [4.69, 9.17) is 13.9 Å². The molecule has 3 atom stereocenters. The van der Waals surface area contributed by atoms with Crippen molar-refractivity contribution in [3.05, 3.63) is 95.6 Å². The van der Waals surface area contributed by atoms with Crippen LogP contribution in [0.25, 0.3) is 0 Å². The van der Waals surface area contributed by atoms with Gasteiger partial charge in [-0.05, 0) is 60.2 Å². The standard InChI is InChI=1S/C38H50O6Si/c1-10-27(4)33-24-22-28(5)35(36(43-34(40)25-26(2)3)32(39)23-21-29(6)37(41)42-33)44-45(38(7,8)9,30-17-13-11-14-18-30)31-19-15-12-16-20-31/h10-22,26,33,35-36H,23-25H2,1-9H3/b27-10-,28-22-,29-21-/t33-,35-,36-/m1/s1. The molecule has 0 aromatic heterocycles. The van der Waals surface area contributed by atoms with Crippen LogP contribution in [0.2, 0.25) is 5.04 Å². The summed E-state index contributed by atoms with van der Waals surface area (Å²) in [6, 6.07) is 20.4. The molecule has 0 spiro atoms. The first-order valence-corrected chi connectivity index (χ1v) is 17.8. The van der Waals surface area contributed by atoms with Crippen molar-refractivity contribution < 1.29 is 28.3 Å². The van der Waals surface area contributed by atoms with Crippen molar-refractivity contribution in [1.29, 1.82) is 0 Å². The maximum Gasteiger partial charge on any atom is 0.334 e. The van der Waals surface area contributed by atoms with Crippen LogP contribution < -0.4 is 10.4 Å². The third-order valence-electron chi connectivity index (χ3n) is 8.39. The number of ether oxygens (including phenoxy) is 2. The number of rotatable bonds is 8. The van der Waals surface area contributed by atoms with Crippen molar-refractivity contribution in [3.63, 3.8) is 0 Å². The quantitative estimate of drug-likeness (QED) is 0.177. The van der Waals surface area contributed by atoms with Gasteiger partial charge in [0.05, 0.1) is 0 Å². The van der Waals surface area contributed by atoms with Gasteiger partial charge in [-0.15, -0.1) is 0 Å². The van der Waals surface area contributed by atoms with Crippen molar-refractivity contribution in [1.82, 2.24) is 0 Å². The Morgan fingerprint density at radius 2 is 1.51 bits per heavy atom. The monoisotopic (exact) mass is 630 g/mol. The van der Waals surface area contributed by atoms with E-state index in [0.717, 1.165) is 21.5 Å². The lowest BCUT2D eigenvalue weighted by Gasteiger charge is -2.46. The first-order valence-electron chi connectivity index (χ1n) is 15.9. The van der Waals surface area contributed by atoms with E-state index in [1.54, 1.807) is 13.0 Å². The van der Waals surface area contributed by atoms with Gasteiger partial charge in [0.15, 0.2) is 11.9 Å². The fourth-order valence-electron chi connectivity index (χ4n) is 5.69. The third-order valence-corrected chi connectivity index (χ3v) is 13.4. The van der Waals surface area contributed by atoms with Gasteiger partial charge in [-0.3, -0.25) is 9.59 Å². The summed E-state index contributed by atoms with van der Waals surface area (Å²) < 4.78 is 19.5. The van der Waals surface area contributed by atoms with E-state index in [9.17, 15) is 14.4 Å². The summed E-state index contributed by atoms with van der Waals surface area (Å²) in [6.07, 6.45) is 3.31. The SMILES string of the molecule is C/C=C(/C)[C@H]1C/C=C(/C)[C@@H](O[Si](c2ccccc2)(c2ccccc2)C(C)(C)C)[C@H](OC(=O)CC(C)C)C(=O)C/C=C(/C)C(=O)O1. The predicted octanol–water partition coefficient (Wildman–Crippen LogP) is 7.02. The smallest absolute Gasteiger partial charge is 0.334 e. The zero-order valence-electron chi connectivity index (χ0n) is 28.4. The second-order valence-electron chi connectivity index (χ2n) is 13.4. The van der Waals surface area contributed by atoms with Crippen LogP contribution in [-0.2, 0) is 28.3 Å². The lowest BCUT2D eigenvalue weighted by atomic mass is 9.97. The molecule has 2 aromatic rings. The Bertz CT molecular complexity index is 1380. The van der Waals surface area contributed by atoms with Crippen LogP contribution in [0, 0.1) is 5.92 Å². The van der Waals surface area contributed by atoms with Crippen molar-refractivity contribution in [2.75, 3.05) is 0 Å². The number of ketones is 1. The van der Waals surface area contributed by atoms with Crippen LogP contribution >= 0.6 is 0 Å². The maximum absolute atomic E-state index is 14.1. The molecule has 0 aliphatic carbocycles. The minimum Gasteiger partial charge on any atom is -0.454 e. The van der Waals surface area contributed by atoms with Gasteiger partial charge in [-0.1, -0.05) is 114 Å². The molecule has 1 aliphatic heterocycles. The number of esters is 2. The summed E-state index contributed by atoms with van der Waals surface area (Å²) in [5.74, 6) is -1.22. The van der Waals surface area contributed by atoms with Crippen LogP contribution in [0.15, 0.2) is 95.6 Å². The molecule has 6 nitrogen and oxygen atoms in total. The van der Waals surface area contributed by atoms with Gasteiger partial charge in [-0.2, -0.15) is 0 Å². The highest BCUT2D eigenvalue weighted by molar-refractivity contribution is 6.99. The van der Waals surface area contributed by atoms with E-state index in [0.29, 0.717) is 12.0 Å². The van der Waals surface area contributed by atoms with Gasteiger partial charge in [0.25, 0.3) is 8.32 Å². The molecule has 0 N–H and O–H groups in total. The highest BCUT2D eigenvalue weighted by Crippen LogP contribution is 2.39. The van der Waals surface area contributed by atoms with Crippen LogP contribution in [0.4, 0.5) is 0 Å². The zero-order valence-corrected chi connectivity index (χ0v) is 29.4. The van der Waals surface area contributed by atoms with E-state index in [1.165, 1.54) is 0 Å². The number of carbonyl (C=O) groups is 3. The summed E-state index contributed by atoms with van der Waals surface area (Å²) in [6.45, 7) is 17.8. The maximum atomic E-state index is 14.1. The Labute approximate surface area is 270 Å². The molecule has 1 heterocycles. The summed E-state index contributed by atoms with van der Waals surface area (Å²) >= 11 is 0. The molecule has 1 aliphatic rings. The number of allylic oxidation sites excluding steroid dienone is 2. The summed E-state index contributed by atoms with van der Waals surface area (Å²) in [5.41, 5.74) is 1.98. The molecular formula is C38H50O6Si. The normalized spacial score (nSPS) is 23.2. The predicted molar refractivity (Wildman–Crippen MR) is 183 cm³/mol. The fourth-order valence-corrected chi connectivity index (χ4v) is 10.4. The molecular weight excluding hydrogens is 580 g/mol. The Morgan fingerprint density at radius 1 is 0.956 bits per heavy atom. The first kappa shape index (κ1) is 35.9. The number of hydrogen-bond donors (Lipinski definition) is 0. The van der Waals surface area contributed by atoms with Gasteiger partial charge in [0.1, 0.15) is 12.2 Å². The Hall–Kier alpha value is -3.55. The molecule has 0 bridgehead atoms. The van der Waals surface area contributed by atoms with Crippen LogP contribution in [-0.4, -0.2) is 44.4 Å². The fraction of sp³-hybridized carbons (Fsp3) is 0.447. The number of Topliss-reactive ketones (excluding diaryl/α,β-unsaturated/α-hetero) is 1. The molecule has 0 saturated heterocycles. The number of benzene rings is 2. The summed E-state index contributed by atoms with van der Waals surface area (Å²) in [5, 5.41) is 1.72. The number of cyclic esters (lactones) is 1. The Balaban J connectivity index is 2.33. The number of carbonyl (C=O) groups excluding carboxylic acids is 3. The second-order valence-corrected chi connectivity index (χ2v) is 17.6. The highest BCUT2D eigenvalue weighted by Gasteiger charge is 2.53. The Kier molecular flexibility index (Phi) is 12.5. The average Bonchev–Trinajstić information content (AvgIpc) is 3.00. The topological polar surface area (TPSA) is 78.9 Å². The first-order chi connectivity index (χ1) is 21.2. The third kappa shape index (κ3) is 8.80. The van der Waals surface area contributed by atoms with E-state index in [2.05, 4.69) is 45.0 Å². The second kappa shape index (κ2) is 15.6. The van der Waals surface area contributed by atoms with Crippen LogP contribution in [0.3, 0.4) is 0 Å². The summed E-state index contributed by atoms with van der Waals surface area (Å²) in [4.78, 5) is 40.3. The highest BCUT2D eigenvalue weighted by atomic mass is 28.4. The molecule has 0 fully saturated rings. The molecule has 0 saturated carbocycles. The number of hydrogen-bond acceptors (Lipinski definition) is 6. The molecule has 3 rings (SSSR count). The van der Waals surface area contributed by atoms with Gasteiger partial charge in [0, 0.05) is 24.8 Å². The van der Waals surface area contributed by atoms with E-state index < -0.39 is 38.6 Å². The van der Waals surface area contributed by atoms with Gasteiger partial charge < -0.3 is 13.9 Å². The van der Waals surface area contributed by atoms with E-state index in [-0.39, 0.29) is 29.6 Å². The molecule has 0 unspecified atom stereocenters. The molecule has 7 heteroatoms. The van der Waals surface area contributed by atoms with Gasteiger partial charge in [0.2, 0.25) is 0 Å². The molecule has 2 aromatic carbocycles. The average molecular weight is 631 g/mol. The van der Waals surface area contributed by atoms with Crippen molar-refractivity contribution in [2.24, 2.45) is 5.92 Å². The Morgan fingerprint density at radius 3 is 2.00 bits per heavy atom.